The smallest absolute Gasteiger partial charge is 0.196 e. The van der Waals surface area contributed by atoms with Crippen LogP contribution >= 0.6 is 0 Å². The Labute approximate surface area is 139 Å². The fourth-order valence-electron chi connectivity index (χ4n) is 2.84. The summed E-state index contributed by atoms with van der Waals surface area (Å²) in [6.07, 6.45) is 0.720. The lowest BCUT2D eigenvalue weighted by Gasteiger charge is -2.24. The summed E-state index contributed by atoms with van der Waals surface area (Å²) in [7, 11) is 0. The third-order valence-electron chi connectivity index (χ3n) is 4.15. The lowest BCUT2D eigenvalue weighted by atomic mass is 9.96. The van der Waals surface area contributed by atoms with Crippen LogP contribution in [0.1, 0.15) is 38.5 Å². The molecule has 1 atom stereocenters. The molecule has 2 heterocycles. The van der Waals surface area contributed by atoms with Gasteiger partial charge in [-0.15, -0.1) is 0 Å². The number of hydrogen-bond acceptors (Lipinski definition) is 6. The number of hydrogen-bond donors (Lipinski definition) is 2. The van der Waals surface area contributed by atoms with E-state index in [1.54, 1.807) is 19.9 Å². The van der Waals surface area contributed by atoms with E-state index in [4.69, 9.17) is 13.9 Å². The van der Waals surface area contributed by atoms with Gasteiger partial charge in [0.25, 0.3) is 0 Å². The van der Waals surface area contributed by atoms with Gasteiger partial charge in [0.2, 0.25) is 0 Å². The van der Waals surface area contributed by atoms with Gasteiger partial charge in [0.15, 0.2) is 5.43 Å². The summed E-state index contributed by atoms with van der Waals surface area (Å²) in [5, 5.41) is 20.7. The normalized spacial score (nSPS) is 17.1. The van der Waals surface area contributed by atoms with Gasteiger partial charge in [-0.2, -0.15) is 0 Å². The molecule has 0 spiro atoms. The molecule has 1 aliphatic rings. The van der Waals surface area contributed by atoms with Gasteiger partial charge < -0.3 is 24.1 Å². The molecule has 0 radical (unpaired) electrons. The highest BCUT2D eigenvalue weighted by Crippen LogP contribution is 2.42. The van der Waals surface area contributed by atoms with E-state index in [9.17, 15) is 15.0 Å². The van der Waals surface area contributed by atoms with E-state index in [0.717, 1.165) is 6.42 Å². The Morgan fingerprint density at radius 1 is 1.38 bits per heavy atom. The fourth-order valence-corrected chi connectivity index (χ4v) is 2.84. The van der Waals surface area contributed by atoms with Crippen molar-refractivity contribution in [2.75, 3.05) is 6.61 Å². The molecule has 1 aromatic heterocycles. The predicted octanol–water partition coefficient (Wildman–Crippen LogP) is 2.50. The molecule has 0 fully saturated rings. The van der Waals surface area contributed by atoms with Crippen LogP contribution in [0.15, 0.2) is 21.3 Å². The number of aromatic hydroxyl groups is 1. The summed E-state index contributed by atoms with van der Waals surface area (Å²) in [5.74, 6) is 0.697. The van der Waals surface area contributed by atoms with Crippen LogP contribution < -0.4 is 10.2 Å². The molecular formula is C18H22O6. The van der Waals surface area contributed by atoms with E-state index in [2.05, 4.69) is 0 Å². The summed E-state index contributed by atoms with van der Waals surface area (Å²) in [4.78, 5) is 12.4. The summed E-state index contributed by atoms with van der Waals surface area (Å²) in [6.45, 7) is 6.06. The Morgan fingerprint density at radius 3 is 2.79 bits per heavy atom. The second-order valence-corrected chi connectivity index (χ2v) is 6.67. The average Bonchev–Trinajstić information content (AvgIpc) is 2.91. The lowest BCUT2D eigenvalue weighted by Crippen LogP contribution is -2.39. The molecule has 0 aliphatic carbocycles. The number of rotatable bonds is 5. The second kappa shape index (κ2) is 6.11. The van der Waals surface area contributed by atoms with Crippen LogP contribution in [0.4, 0.5) is 0 Å². The molecule has 6 heteroatoms. The first-order valence-electron chi connectivity index (χ1n) is 8.09. The van der Waals surface area contributed by atoms with Crippen molar-refractivity contribution in [2.24, 2.45) is 0 Å². The number of ether oxygens (including phenoxy) is 2. The average molecular weight is 334 g/mol. The molecule has 0 amide bonds. The first kappa shape index (κ1) is 16.8. The first-order valence-corrected chi connectivity index (χ1v) is 8.09. The molecule has 130 valence electrons. The topological polar surface area (TPSA) is 89.1 Å². The van der Waals surface area contributed by atoms with Gasteiger partial charge in [0.1, 0.15) is 40.9 Å². The summed E-state index contributed by atoms with van der Waals surface area (Å²) >= 11 is 0. The minimum Gasteiger partial charge on any atom is -0.507 e. The van der Waals surface area contributed by atoms with Crippen molar-refractivity contribution in [1.82, 2.24) is 0 Å². The number of phenolic OH excluding ortho intramolecular Hbond substituents is 1. The number of fused-ring (bicyclic) bond motifs is 2. The van der Waals surface area contributed by atoms with Crippen LogP contribution in [0.5, 0.6) is 11.5 Å². The standard InChI is InChI=1S/C18H22O6/c1-4-5-22-9-10-6-12(19)16-14(23-10)8-13-11(17(16)20)7-15(24-13)18(2,3)21/h6,8,15,20-21H,4-5,7,9H2,1-3H3. The summed E-state index contributed by atoms with van der Waals surface area (Å²) in [6, 6.07) is 2.94. The Morgan fingerprint density at radius 2 is 2.12 bits per heavy atom. The third-order valence-corrected chi connectivity index (χ3v) is 4.15. The van der Waals surface area contributed by atoms with Gasteiger partial charge in [0, 0.05) is 30.7 Å². The SMILES string of the molecule is CCCOCc1cc(=O)c2c(O)c3c(cc2o1)OC(C(C)(C)O)C3. The van der Waals surface area contributed by atoms with Crippen LogP contribution in [0.25, 0.3) is 11.0 Å². The van der Waals surface area contributed by atoms with E-state index in [1.807, 2.05) is 6.92 Å². The molecule has 0 bridgehead atoms. The van der Waals surface area contributed by atoms with Crippen LogP contribution in [0, 0.1) is 0 Å². The molecule has 1 aliphatic heterocycles. The van der Waals surface area contributed by atoms with Gasteiger partial charge in [-0.1, -0.05) is 6.92 Å². The van der Waals surface area contributed by atoms with Crippen LogP contribution in [0.2, 0.25) is 0 Å². The fraction of sp³-hybridized carbons (Fsp3) is 0.500. The van der Waals surface area contributed by atoms with E-state index in [-0.39, 0.29) is 28.8 Å². The molecule has 24 heavy (non-hydrogen) atoms. The van der Waals surface area contributed by atoms with Crippen molar-refractivity contribution in [2.45, 2.75) is 51.9 Å². The maximum atomic E-state index is 12.4. The van der Waals surface area contributed by atoms with Crippen molar-refractivity contribution < 1.29 is 24.1 Å². The zero-order chi connectivity index (χ0) is 17.5. The Balaban J connectivity index is 2.03. The molecule has 6 nitrogen and oxygen atoms in total. The van der Waals surface area contributed by atoms with Crippen molar-refractivity contribution in [3.05, 3.63) is 33.7 Å². The maximum absolute atomic E-state index is 12.4. The molecule has 2 N–H and O–H groups in total. The third kappa shape index (κ3) is 2.99. The van der Waals surface area contributed by atoms with Crippen molar-refractivity contribution in [1.29, 1.82) is 0 Å². The molecule has 0 saturated carbocycles. The molecule has 0 saturated heterocycles. The minimum absolute atomic E-state index is 0.132. The molecule has 1 unspecified atom stereocenters. The molecule has 1 aromatic carbocycles. The van der Waals surface area contributed by atoms with Crippen LogP contribution in [-0.2, 0) is 17.8 Å². The van der Waals surface area contributed by atoms with E-state index in [0.29, 0.717) is 30.1 Å². The molecular weight excluding hydrogens is 312 g/mol. The number of benzene rings is 1. The number of aliphatic hydroxyl groups is 1. The van der Waals surface area contributed by atoms with Crippen molar-refractivity contribution >= 4 is 11.0 Å². The summed E-state index contributed by atoms with van der Waals surface area (Å²) < 4.78 is 16.8. The highest BCUT2D eigenvalue weighted by molar-refractivity contribution is 5.87. The largest absolute Gasteiger partial charge is 0.507 e. The molecule has 2 aromatic rings. The van der Waals surface area contributed by atoms with Gasteiger partial charge >= 0.3 is 0 Å². The van der Waals surface area contributed by atoms with E-state index in [1.165, 1.54) is 6.07 Å². The van der Waals surface area contributed by atoms with Crippen molar-refractivity contribution in [3.8, 4) is 11.5 Å². The maximum Gasteiger partial charge on any atom is 0.196 e. The zero-order valence-electron chi connectivity index (χ0n) is 14.1. The predicted molar refractivity (Wildman–Crippen MR) is 88.5 cm³/mol. The van der Waals surface area contributed by atoms with E-state index >= 15 is 0 Å². The Hall–Kier alpha value is -2.05. The van der Waals surface area contributed by atoms with Gasteiger partial charge in [0.05, 0.1) is 5.60 Å². The monoisotopic (exact) mass is 334 g/mol. The number of phenols is 1. The quantitative estimate of drug-likeness (QED) is 0.817. The van der Waals surface area contributed by atoms with Crippen molar-refractivity contribution in [3.63, 3.8) is 0 Å². The second-order valence-electron chi connectivity index (χ2n) is 6.67. The van der Waals surface area contributed by atoms with Gasteiger partial charge in [-0.25, -0.2) is 0 Å². The highest BCUT2D eigenvalue weighted by atomic mass is 16.5. The minimum atomic E-state index is -1.06. The van der Waals surface area contributed by atoms with Crippen LogP contribution in [-0.4, -0.2) is 28.5 Å². The van der Waals surface area contributed by atoms with Gasteiger partial charge in [-0.05, 0) is 20.3 Å². The van der Waals surface area contributed by atoms with Gasteiger partial charge in [-0.3, -0.25) is 4.79 Å². The van der Waals surface area contributed by atoms with Crippen LogP contribution in [0.3, 0.4) is 0 Å². The zero-order valence-corrected chi connectivity index (χ0v) is 14.1. The first-order chi connectivity index (χ1) is 11.3. The molecule has 3 rings (SSSR count). The lowest BCUT2D eigenvalue weighted by molar-refractivity contribution is -0.0229. The van der Waals surface area contributed by atoms with E-state index < -0.39 is 11.7 Å². The Kier molecular flexibility index (Phi) is 4.27. The Bertz CT molecular complexity index is 815. The highest BCUT2D eigenvalue weighted by Gasteiger charge is 2.37. The summed E-state index contributed by atoms with van der Waals surface area (Å²) in [5.41, 5.74) is -0.602.